The highest BCUT2D eigenvalue weighted by molar-refractivity contribution is 6.06. The Morgan fingerprint density at radius 1 is 1.08 bits per heavy atom. The third-order valence-electron chi connectivity index (χ3n) is 3.15. The van der Waals surface area contributed by atoms with E-state index < -0.39 is 0 Å². The summed E-state index contributed by atoms with van der Waals surface area (Å²) in [5.41, 5.74) is 4.08. The number of carbonyl (C=O) groups excluding carboxylic acids is 2. The zero-order valence-corrected chi connectivity index (χ0v) is 13.6. The van der Waals surface area contributed by atoms with Crippen molar-refractivity contribution < 1.29 is 14.3 Å². The monoisotopic (exact) mass is 325 g/mol. The molecular weight excluding hydrogens is 306 g/mol. The molecule has 0 atom stereocenters. The highest BCUT2D eigenvalue weighted by Crippen LogP contribution is 2.12. The van der Waals surface area contributed by atoms with Gasteiger partial charge < -0.3 is 10.1 Å². The lowest BCUT2D eigenvalue weighted by Gasteiger charge is -2.06. The fourth-order valence-corrected chi connectivity index (χ4v) is 1.97. The van der Waals surface area contributed by atoms with E-state index in [1.54, 1.807) is 43.3 Å². The van der Waals surface area contributed by atoms with E-state index in [1.165, 1.54) is 7.11 Å². The van der Waals surface area contributed by atoms with Gasteiger partial charge in [0.1, 0.15) is 5.75 Å². The van der Waals surface area contributed by atoms with Crippen molar-refractivity contribution >= 4 is 23.2 Å². The molecule has 0 radical (unpaired) electrons. The molecule has 2 aromatic rings. The van der Waals surface area contributed by atoms with Gasteiger partial charge in [-0.3, -0.25) is 9.59 Å². The Morgan fingerprint density at radius 2 is 1.83 bits per heavy atom. The Balaban J connectivity index is 1.88. The summed E-state index contributed by atoms with van der Waals surface area (Å²) in [6.45, 7) is 1.68. The summed E-state index contributed by atoms with van der Waals surface area (Å²) in [5, 5.41) is 6.71. The Hall–Kier alpha value is -3.15. The molecule has 2 amide bonds. The minimum atomic E-state index is -0.364. The topological polar surface area (TPSA) is 79.8 Å². The quantitative estimate of drug-likeness (QED) is 0.633. The van der Waals surface area contributed by atoms with Crippen LogP contribution in [0.15, 0.2) is 59.7 Å². The molecule has 2 N–H and O–H groups in total. The highest BCUT2D eigenvalue weighted by atomic mass is 16.5. The predicted octanol–water partition coefficient (Wildman–Crippen LogP) is 2.83. The van der Waals surface area contributed by atoms with E-state index in [4.69, 9.17) is 4.74 Å². The van der Waals surface area contributed by atoms with Gasteiger partial charge in [-0.05, 0) is 37.3 Å². The molecule has 0 aromatic heterocycles. The molecule has 0 heterocycles. The smallest absolute Gasteiger partial charge is 0.271 e. The maximum Gasteiger partial charge on any atom is 0.271 e. The van der Waals surface area contributed by atoms with Gasteiger partial charge in [-0.25, -0.2) is 5.43 Å². The number of methoxy groups -OCH3 is 1. The van der Waals surface area contributed by atoms with Crippen LogP contribution in [-0.4, -0.2) is 24.6 Å². The zero-order chi connectivity index (χ0) is 17.4. The summed E-state index contributed by atoms with van der Waals surface area (Å²) in [5.74, 6) is 0.0281. The van der Waals surface area contributed by atoms with E-state index in [0.717, 1.165) is 5.69 Å². The molecule has 0 fully saturated rings. The molecule has 0 bridgehead atoms. The number of nitrogens with zero attached hydrogens (tertiary/aromatic N) is 1. The predicted molar refractivity (Wildman–Crippen MR) is 93.3 cm³/mol. The fourth-order valence-electron chi connectivity index (χ4n) is 1.97. The molecule has 124 valence electrons. The SMILES string of the molecule is COc1cccc(C(=O)N/N=C(\C)CC(=O)Nc2ccccc2)c1. The summed E-state index contributed by atoms with van der Waals surface area (Å²) < 4.78 is 5.07. The lowest BCUT2D eigenvalue weighted by molar-refractivity contribution is -0.115. The summed E-state index contributed by atoms with van der Waals surface area (Å²) in [6.07, 6.45) is 0.0906. The number of nitrogens with one attached hydrogen (secondary N) is 2. The molecule has 0 saturated heterocycles. The van der Waals surface area contributed by atoms with E-state index in [1.807, 2.05) is 18.2 Å². The normalized spacial score (nSPS) is 10.8. The first-order valence-corrected chi connectivity index (χ1v) is 7.41. The lowest BCUT2D eigenvalue weighted by atomic mass is 10.2. The van der Waals surface area contributed by atoms with Crippen LogP contribution in [0.3, 0.4) is 0 Å². The van der Waals surface area contributed by atoms with E-state index in [-0.39, 0.29) is 18.2 Å². The third-order valence-corrected chi connectivity index (χ3v) is 3.15. The molecule has 0 aliphatic heterocycles. The maximum absolute atomic E-state index is 12.0. The number of amides is 2. The van der Waals surface area contributed by atoms with E-state index in [2.05, 4.69) is 15.8 Å². The van der Waals surface area contributed by atoms with Crippen LogP contribution in [0.1, 0.15) is 23.7 Å². The number of hydrogen-bond donors (Lipinski definition) is 2. The molecular formula is C18H19N3O3. The molecule has 0 aliphatic carbocycles. The highest BCUT2D eigenvalue weighted by Gasteiger charge is 2.07. The standard InChI is InChI=1S/C18H19N3O3/c1-13(11-17(22)19-15-8-4-3-5-9-15)20-21-18(23)14-7-6-10-16(12-14)24-2/h3-10,12H,11H2,1-2H3,(H,19,22)(H,21,23)/b20-13+. The number of hydrogen-bond acceptors (Lipinski definition) is 4. The number of para-hydroxylation sites is 1. The van der Waals surface area contributed by atoms with Gasteiger partial charge in [-0.15, -0.1) is 0 Å². The van der Waals surface area contributed by atoms with Gasteiger partial charge in [0.25, 0.3) is 5.91 Å². The average molecular weight is 325 g/mol. The van der Waals surface area contributed by atoms with Crippen LogP contribution >= 0.6 is 0 Å². The van der Waals surface area contributed by atoms with Gasteiger partial charge in [0.05, 0.1) is 13.5 Å². The second-order valence-corrected chi connectivity index (χ2v) is 5.11. The molecule has 2 rings (SSSR count). The van der Waals surface area contributed by atoms with Crippen LogP contribution in [0.5, 0.6) is 5.75 Å². The lowest BCUT2D eigenvalue weighted by Crippen LogP contribution is -2.21. The summed E-state index contributed by atoms with van der Waals surface area (Å²) in [6, 6.07) is 15.9. The van der Waals surface area contributed by atoms with Crippen LogP contribution in [0.4, 0.5) is 5.69 Å². The van der Waals surface area contributed by atoms with E-state index in [0.29, 0.717) is 17.0 Å². The van der Waals surface area contributed by atoms with Gasteiger partial charge in [-0.1, -0.05) is 24.3 Å². The number of carbonyl (C=O) groups is 2. The first-order chi connectivity index (χ1) is 11.6. The van der Waals surface area contributed by atoms with Crippen molar-refractivity contribution in [2.24, 2.45) is 5.10 Å². The van der Waals surface area contributed by atoms with E-state index >= 15 is 0 Å². The number of benzene rings is 2. The molecule has 0 aliphatic rings. The van der Waals surface area contributed by atoms with Crippen molar-refractivity contribution in [2.75, 3.05) is 12.4 Å². The third kappa shape index (κ3) is 5.24. The minimum Gasteiger partial charge on any atom is -0.497 e. The first-order valence-electron chi connectivity index (χ1n) is 7.41. The van der Waals surface area contributed by atoms with Crippen LogP contribution in [0.2, 0.25) is 0 Å². The molecule has 0 unspecified atom stereocenters. The molecule has 0 spiro atoms. The van der Waals surface area contributed by atoms with Crippen molar-refractivity contribution in [2.45, 2.75) is 13.3 Å². The van der Waals surface area contributed by atoms with Gasteiger partial charge in [0.15, 0.2) is 0 Å². The van der Waals surface area contributed by atoms with E-state index in [9.17, 15) is 9.59 Å². The second kappa shape index (κ2) is 8.47. The van der Waals surface area contributed by atoms with Crippen molar-refractivity contribution in [3.05, 3.63) is 60.2 Å². The summed E-state index contributed by atoms with van der Waals surface area (Å²) in [4.78, 5) is 23.9. The van der Waals surface area contributed by atoms with Gasteiger partial charge in [0.2, 0.25) is 5.91 Å². The van der Waals surface area contributed by atoms with Crippen LogP contribution in [0, 0.1) is 0 Å². The van der Waals surface area contributed by atoms with Crippen molar-refractivity contribution in [1.29, 1.82) is 0 Å². The fraction of sp³-hybridized carbons (Fsp3) is 0.167. The number of rotatable bonds is 6. The van der Waals surface area contributed by atoms with Gasteiger partial charge >= 0.3 is 0 Å². The largest absolute Gasteiger partial charge is 0.497 e. The molecule has 0 saturated carbocycles. The number of ether oxygens (including phenoxy) is 1. The van der Waals surface area contributed by atoms with Crippen molar-refractivity contribution in [3.8, 4) is 5.75 Å². The van der Waals surface area contributed by atoms with Gasteiger partial charge in [-0.2, -0.15) is 5.10 Å². The second-order valence-electron chi connectivity index (χ2n) is 5.11. The van der Waals surface area contributed by atoms with Gasteiger partial charge in [0, 0.05) is 17.0 Å². The molecule has 24 heavy (non-hydrogen) atoms. The maximum atomic E-state index is 12.0. The Labute approximate surface area is 140 Å². The van der Waals surface area contributed by atoms with Crippen LogP contribution in [0.25, 0.3) is 0 Å². The summed E-state index contributed by atoms with van der Waals surface area (Å²) in [7, 11) is 1.53. The first kappa shape index (κ1) is 17.2. The molecule has 6 heteroatoms. The van der Waals surface area contributed by atoms with Crippen LogP contribution in [-0.2, 0) is 4.79 Å². The Morgan fingerprint density at radius 3 is 2.54 bits per heavy atom. The summed E-state index contributed by atoms with van der Waals surface area (Å²) >= 11 is 0. The molecule has 2 aromatic carbocycles. The Kier molecular flexibility index (Phi) is 6.08. The van der Waals surface area contributed by atoms with Crippen LogP contribution < -0.4 is 15.5 Å². The Bertz CT molecular complexity index is 742. The average Bonchev–Trinajstić information content (AvgIpc) is 2.60. The minimum absolute atomic E-state index is 0.0906. The number of hydrazone groups is 1. The molecule has 6 nitrogen and oxygen atoms in total. The zero-order valence-electron chi connectivity index (χ0n) is 13.6. The van der Waals surface area contributed by atoms with Crippen molar-refractivity contribution in [3.63, 3.8) is 0 Å². The number of anilines is 1. The van der Waals surface area contributed by atoms with Crippen molar-refractivity contribution in [1.82, 2.24) is 5.43 Å².